The summed E-state index contributed by atoms with van der Waals surface area (Å²) in [7, 11) is 0. The Labute approximate surface area is 108 Å². The van der Waals surface area contributed by atoms with Crippen LogP contribution in [0.1, 0.15) is 36.7 Å². The molecule has 1 unspecified atom stereocenters. The second-order valence-electron chi connectivity index (χ2n) is 4.88. The van der Waals surface area contributed by atoms with Crippen molar-refractivity contribution in [3.63, 3.8) is 0 Å². The number of H-pyrrole nitrogens is 1. The van der Waals surface area contributed by atoms with Crippen molar-refractivity contribution in [2.75, 3.05) is 13.1 Å². The van der Waals surface area contributed by atoms with Crippen LogP contribution in [0.5, 0.6) is 0 Å². The molecule has 2 heterocycles. The van der Waals surface area contributed by atoms with E-state index in [1.165, 1.54) is 37.9 Å². The molecule has 94 valence electrons. The Bertz CT molecular complexity index is 458. The van der Waals surface area contributed by atoms with Crippen LogP contribution in [0.15, 0.2) is 42.7 Å². The fraction of sp³-hybridized carbons (Fsp3) is 0.400. The number of aromatic amines is 1. The third-order valence-electron chi connectivity index (χ3n) is 3.65. The van der Waals surface area contributed by atoms with Crippen LogP contribution < -0.4 is 0 Å². The van der Waals surface area contributed by atoms with E-state index >= 15 is 0 Å². The monoisotopic (exact) mass is 241 g/mol. The highest BCUT2D eigenvalue weighted by Gasteiger charge is 2.25. The first kappa shape index (κ1) is 11.5. The lowest BCUT2D eigenvalue weighted by Gasteiger charge is -2.33. The average molecular weight is 241 g/mol. The van der Waals surface area contributed by atoms with Crippen molar-refractivity contribution in [3.8, 4) is 0 Å². The van der Waals surface area contributed by atoms with Gasteiger partial charge in [-0.3, -0.25) is 4.90 Å². The minimum atomic E-state index is 0.279. The number of piperidine rings is 1. The first-order chi connectivity index (χ1) is 8.95. The number of imidazole rings is 1. The van der Waals surface area contributed by atoms with E-state index in [9.17, 15) is 0 Å². The van der Waals surface area contributed by atoms with E-state index < -0.39 is 0 Å². The van der Waals surface area contributed by atoms with Gasteiger partial charge in [0.05, 0.1) is 6.04 Å². The van der Waals surface area contributed by atoms with Gasteiger partial charge < -0.3 is 4.98 Å². The molecule has 1 atom stereocenters. The van der Waals surface area contributed by atoms with Crippen LogP contribution in [-0.4, -0.2) is 28.0 Å². The normalized spacial score (nSPS) is 18.7. The predicted octanol–water partition coefficient (Wildman–Crippen LogP) is 2.99. The minimum absolute atomic E-state index is 0.279. The lowest BCUT2D eigenvalue weighted by molar-refractivity contribution is 0.182. The summed E-state index contributed by atoms with van der Waals surface area (Å²) >= 11 is 0. The van der Waals surface area contributed by atoms with Gasteiger partial charge in [-0.15, -0.1) is 0 Å². The second-order valence-corrected chi connectivity index (χ2v) is 4.88. The number of rotatable bonds is 3. The van der Waals surface area contributed by atoms with Gasteiger partial charge in [0.1, 0.15) is 5.82 Å². The lowest BCUT2D eigenvalue weighted by Crippen LogP contribution is -2.34. The zero-order chi connectivity index (χ0) is 12.2. The lowest BCUT2D eigenvalue weighted by atomic mass is 10.0. The molecule has 0 bridgehead atoms. The highest BCUT2D eigenvalue weighted by atomic mass is 15.2. The summed E-state index contributed by atoms with van der Waals surface area (Å²) < 4.78 is 0. The molecule has 0 amide bonds. The number of benzene rings is 1. The topological polar surface area (TPSA) is 31.9 Å². The quantitative estimate of drug-likeness (QED) is 0.896. The Morgan fingerprint density at radius 3 is 2.50 bits per heavy atom. The molecule has 1 aromatic heterocycles. The number of likely N-dealkylation sites (tertiary alicyclic amines) is 1. The molecule has 0 saturated carbocycles. The molecule has 1 saturated heterocycles. The number of hydrogen-bond acceptors (Lipinski definition) is 2. The van der Waals surface area contributed by atoms with Crippen molar-refractivity contribution in [2.45, 2.75) is 25.3 Å². The highest BCUT2D eigenvalue weighted by Crippen LogP contribution is 2.28. The van der Waals surface area contributed by atoms with Gasteiger partial charge >= 0.3 is 0 Å². The van der Waals surface area contributed by atoms with Crippen molar-refractivity contribution < 1.29 is 0 Å². The van der Waals surface area contributed by atoms with Crippen LogP contribution in [0.4, 0.5) is 0 Å². The molecule has 3 rings (SSSR count). The standard InChI is InChI=1S/C15H19N3/c1-3-7-13(8-4-1)14(15-16-9-10-17-15)18-11-5-2-6-12-18/h1,3-4,7-10,14H,2,5-6,11-12H2,(H,16,17). The third kappa shape index (κ3) is 2.31. The van der Waals surface area contributed by atoms with Gasteiger partial charge in [-0.05, 0) is 31.5 Å². The molecule has 0 aliphatic carbocycles. The van der Waals surface area contributed by atoms with Crippen LogP contribution in [0.2, 0.25) is 0 Å². The Hall–Kier alpha value is -1.61. The molecule has 18 heavy (non-hydrogen) atoms. The predicted molar refractivity (Wildman–Crippen MR) is 72.3 cm³/mol. The maximum atomic E-state index is 4.47. The molecular formula is C15H19N3. The molecule has 1 aliphatic heterocycles. The van der Waals surface area contributed by atoms with E-state index in [0.717, 1.165) is 5.82 Å². The van der Waals surface area contributed by atoms with Crippen LogP contribution in [-0.2, 0) is 0 Å². The Kier molecular flexibility index (Phi) is 3.42. The molecule has 3 heteroatoms. The molecule has 1 N–H and O–H groups in total. The number of aromatic nitrogens is 2. The molecule has 0 radical (unpaired) electrons. The van der Waals surface area contributed by atoms with E-state index in [-0.39, 0.29) is 6.04 Å². The van der Waals surface area contributed by atoms with Gasteiger partial charge in [0.2, 0.25) is 0 Å². The molecule has 0 spiro atoms. The zero-order valence-electron chi connectivity index (χ0n) is 10.5. The van der Waals surface area contributed by atoms with Crippen molar-refractivity contribution in [3.05, 3.63) is 54.1 Å². The van der Waals surface area contributed by atoms with Crippen molar-refractivity contribution in [2.24, 2.45) is 0 Å². The van der Waals surface area contributed by atoms with E-state index in [4.69, 9.17) is 0 Å². The largest absolute Gasteiger partial charge is 0.347 e. The number of hydrogen-bond donors (Lipinski definition) is 1. The summed E-state index contributed by atoms with van der Waals surface area (Å²) in [4.78, 5) is 10.3. The maximum Gasteiger partial charge on any atom is 0.128 e. The van der Waals surface area contributed by atoms with Gasteiger partial charge in [-0.25, -0.2) is 4.98 Å². The summed E-state index contributed by atoms with van der Waals surface area (Å²) in [6.45, 7) is 2.33. The van der Waals surface area contributed by atoms with Gasteiger partial charge in [-0.1, -0.05) is 36.8 Å². The van der Waals surface area contributed by atoms with Crippen LogP contribution in [0.25, 0.3) is 0 Å². The molecule has 1 aromatic carbocycles. The summed E-state index contributed by atoms with van der Waals surface area (Å²) in [6.07, 6.45) is 7.70. The first-order valence-electron chi connectivity index (χ1n) is 6.73. The molecule has 1 aliphatic rings. The Morgan fingerprint density at radius 2 is 1.83 bits per heavy atom. The highest BCUT2D eigenvalue weighted by molar-refractivity contribution is 5.25. The van der Waals surface area contributed by atoms with Gasteiger partial charge in [0.25, 0.3) is 0 Å². The smallest absolute Gasteiger partial charge is 0.128 e. The SMILES string of the molecule is c1ccc(C(c2ncc[nH]2)N2CCCCC2)cc1. The summed E-state index contributed by atoms with van der Waals surface area (Å²) in [5.41, 5.74) is 1.33. The van der Waals surface area contributed by atoms with E-state index in [1.54, 1.807) is 0 Å². The fourth-order valence-electron chi connectivity index (χ4n) is 2.78. The van der Waals surface area contributed by atoms with Gasteiger partial charge in [-0.2, -0.15) is 0 Å². The van der Waals surface area contributed by atoms with E-state index in [0.29, 0.717) is 0 Å². The van der Waals surface area contributed by atoms with E-state index in [1.807, 2.05) is 12.4 Å². The summed E-state index contributed by atoms with van der Waals surface area (Å²) in [5, 5.41) is 0. The van der Waals surface area contributed by atoms with Gasteiger partial charge in [0, 0.05) is 12.4 Å². The zero-order valence-corrected chi connectivity index (χ0v) is 10.5. The van der Waals surface area contributed by atoms with Gasteiger partial charge in [0.15, 0.2) is 0 Å². The Morgan fingerprint density at radius 1 is 1.06 bits per heavy atom. The average Bonchev–Trinajstić information content (AvgIpc) is 2.95. The molecule has 3 nitrogen and oxygen atoms in total. The fourth-order valence-corrected chi connectivity index (χ4v) is 2.78. The van der Waals surface area contributed by atoms with Crippen LogP contribution in [0, 0.1) is 0 Å². The first-order valence-corrected chi connectivity index (χ1v) is 6.73. The molecule has 1 fully saturated rings. The summed E-state index contributed by atoms with van der Waals surface area (Å²) in [6, 6.07) is 11.0. The minimum Gasteiger partial charge on any atom is -0.347 e. The van der Waals surface area contributed by atoms with Crippen molar-refractivity contribution in [1.82, 2.24) is 14.9 Å². The van der Waals surface area contributed by atoms with Crippen LogP contribution >= 0.6 is 0 Å². The maximum absolute atomic E-state index is 4.47. The van der Waals surface area contributed by atoms with Crippen molar-refractivity contribution >= 4 is 0 Å². The third-order valence-corrected chi connectivity index (χ3v) is 3.65. The van der Waals surface area contributed by atoms with Crippen molar-refractivity contribution in [1.29, 1.82) is 0 Å². The molecule has 2 aromatic rings. The second kappa shape index (κ2) is 5.36. The molecular weight excluding hydrogens is 222 g/mol. The van der Waals surface area contributed by atoms with Crippen LogP contribution in [0.3, 0.4) is 0 Å². The summed E-state index contributed by atoms with van der Waals surface area (Å²) in [5.74, 6) is 1.06. The van der Waals surface area contributed by atoms with E-state index in [2.05, 4.69) is 45.2 Å². The number of nitrogens with one attached hydrogen (secondary N) is 1. The number of nitrogens with zero attached hydrogens (tertiary/aromatic N) is 2. The Balaban J connectivity index is 1.93.